The third-order valence-corrected chi connectivity index (χ3v) is 3.28. The summed E-state index contributed by atoms with van der Waals surface area (Å²) < 4.78 is 4.81. The maximum absolute atomic E-state index is 11.5. The van der Waals surface area contributed by atoms with Crippen molar-refractivity contribution in [2.75, 3.05) is 26.2 Å². The molecule has 2 atom stereocenters. The number of ether oxygens (including phenoxy) is 1. The van der Waals surface area contributed by atoms with Crippen LogP contribution in [0, 0.1) is 0 Å². The van der Waals surface area contributed by atoms with Gasteiger partial charge in [-0.15, -0.1) is 0 Å². The maximum atomic E-state index is 11.5. The lowest BCUT2D eigenvalue weighted by atomic mass is 10.2. The van der Waals surface area contributed by atoms with Gasteiger partial charge in [-0.05, 0) is 13.0 Å². The van der Waals surface area contributed by atoms with Crippen LogP contribution in [0.25, 0.3) is 0 Å². The summed E-state index contributed by atoms with van der Waals surface area (Å²) in [5, 5.41) is 9.00. The molecule has 0 saturated carbocycles. The van der Waals surface area contributed by atoms with Gasteiger partial charge in [0.05, 0.1) is 6.04 Å². The molecule has 2 rings (SSSR count). The topological polar surface area (TPSA) is 70.1 Å². The Morgan fingerprint density at radius 1 is 1.62 bits per heavy atom. The molecule has 0 spiro atoms. The molecule has 2 aliphatic rings. The molecule has 0 radical (unpaired) electrons. The van der Waals surface area contributed by atoms with Crippen molar-refractivity contribution in [1.82, 2.24) is 9.80 Å². The molecule has 2 heterocycles. The first-order valence-corrected chi connectivity index (χ1v) is 5.53. The zero-order valence-electron chi connectivity index (χ0n) is 9.26. The summed E-state index contributed by atoms with van der Waals surface area (Å²) in [6.45, 7) is 4.61. The predicted molar refractivity (Wildman–Crippen MR) is 55.1 cm³/mol. The molecule has 0 bridgehead atoms. The number of rotatable bonds is 3. The van der Waals surface area contributed by atoms with Gasteiger partial charge in [-0.3, -0.25) is 4.90 Å². The normalized spacial score (nSPS) is 30.8. The van der Waals surface area contributed by atoms with Crippen molar-refractivity contribution < 1.29 is 19.4 Å². The molecule has 0 aromatic heterocycles. The number of cyclic esters (lactones) is 1. The summed E-state index contributed by atoms with van der Waals surface area (Å²) in [6, 6.07) is -0.828. The molecule has 6 heteroatoms. The first-order chi connectivity index (χ1) is 7.63. The van der Waals surface area contributed by atoms with Crippen molar-refractivity contribution in [3.8, 4) is 0 Å². The van der Waals surface area contributed by atoms with Gasteiger partial charge in [-0.2, -0.15) is 0 Å². The second kappa shape index (κ2) is 4.29. The third kappa shape index (κ3) is 1.84. The van der Waals surface area contributed by atoms with Crippen molar-refractivity contribution in [2.45, 2.75) is 25.4 Å². The summed E-state index contributed by atoms with van der Waals surface area (Å²) in [5.74, 6) is -0.985. The molecule has 90 valence electrons. The molecule has 0 aromatic carbocycles. The number of likely N-dealkylation sites (tertiary alicyclic amines) is 1. The van der Waals surface area contributed by atoms with Crippen LogP contribution >= 0.6 is 0 Å². The molecule has 1 amide bonds. The molecule has 1 N–H and O–H groups in total. The van der Waals surface area contributed by atoms with Gasteiger partial charge in [0.25, 0.3) is 0 Å². The van der Waals surface area contributed by atoms with Crippen molar-refractivity contribution in [2.24, 2.45) is 0 Å². The van der Waals surface area contributed by atoms with Gasteiger partial charge in [-0.25, -0.2) is 9.59 Å². The van der Waals surface area contributed by atoms with Gasteiger partial charge >= 0.3 is 12.1 Å². The van der Waals surface area contributed by atoms with Crippen LogP contribution in [0.4, 0.5) is 4.79 Å². The van der Waals surface area contributed by atoms with Crippen molar-refractivity contribution >= 4 is 12.1 Å². The van der Waals surface area contributed by atoms with E-state index in [1.165, 1.54) is 4.90 Å². The fraction of sp³-hybridized carbons (Fsp3) is 0.800. The Morgan fingerprint density at radius 3 is 2.94 bits per heavy atom. The number of carboxylic acids is 1. The van der Waals surface area contributed by atoms with Crippen molar-refractivity contribution in [3.05, 3.63) is 0 Å². The van der Waals surface area contributed by atoms with Crippen LogP contribution < -0.4 is 0 Å². The van der Waals surface area contributed by atoms with Gasteiger partial charge < -0.3 is 14.7 Å². The van der Waals surface area contributed by atoms with Gasteiger partial charge in [-0.1, -0.05) is 6.92 Å². The smallest absolute Gasteiger partial charge is 0.411 e. The first-order valence-electron chi connectivity index (χ1n) is 5.53. The Hall–Kier alpha value is -1.30. The summed E-state index contributed by atoms with van der Waals surface area (Å²) in [7, 11) is 0. The van der Waals surface area contributed by atoms with Crippen LogP contribution in [-0.4, -0.2) is 65.3 Å². The largest absolute Gasteiger partial charge is 0.480 e. The molecular weight excluding hydrogens is 212 g/mol. The van der Waals surface area contributed by atoms with Crippen LogP contribution in [0.5, 0.6) is 0 Å². The van der Waals surface area contributed by atoms with E-state index >= 15 is 0 Å². The zero-order chi connectivity index (χ0) is 11.7. The highest BCUT2D eigenvalue weighted by Crippen LogP contribution is 2.23. The quantitative estimate of drug-likeness (QED) is 0.735. The Morgan fingerprint density at radius 2 is 2.38 bits per heavy atom. The zero-order valence-corrected chi connectivity index (χ0v) is 9.26. The average molecular weight is 228 g/mol. The van der Waals surface area contributed by atoms with E-state index in [-0.39, 0.29) is 12.6 Å². The maximum Gasteiger partial charge on any atom is 0.411 e. The third-order valence-electron chi connectivity index (χ3n) is 3.28. The monoisotopic (exact) mass is 228 g/mol. The van der Waals surface area contributed by atoms with Gasteiger partial charge in [0.1, 0.15) is 6.61 Å². The van der Waals surface area contributed by atoms with E-state index in [4.69, 9.17) is 9.84 Å². The lowest BCUT2D eigenvalue weighted by Gasteiger charge is -2.25. The lowest BCUT2D eigenvalue weighted by molar-refractivity contribution is -0.142. The van der Waals surface area contributed by atoms with E-state index in [0.717, 1.165) is 26.1 Å². The summed E-state index contributed by atoms with van der Waals surface area (Å²) >= 11 is 0. The first kappa shape index (κ1) is 11.2. The molecular formula is C10H16N2O4. The summed E-state index contributed by atoms with van der Waals surface area (Å²) in [5.41, 5.74) is 0. The molecule has 2 unspecified atom stereocenters. The van der Waals surface area contributed by atoms with E-state index in [1.54, 1.807) is 0 Å². The van der Waals surface area contributed by atoms with Crippen LogP contribution in [0.15, 0.2) is 0 Å². The number of carbonyl (C=O) groups excluding carboxylic acids is 1. The minimum atomic E-state index is -0.985. The Kier molecular flexibility index (Phi) is 3.00. The highest BCUT2D eigenvalue weighted by atomic mass is 16.6. The minimum absolute atomic E-state index is 0.0175. The average Bonchev–Trinajstić information content (AvgIpc) is 2.83. The second-order valence-corrected chi connectivity index (χ2v) is 4.17. The highest BCUT2D eigenvalue weighted by molar-refractivity contribution is 5.83. The van der Waals surface area contributed by atoms with E-state index in [2.05, 4.69) is 11.8 Å². The molecule has 6 nitrogen and oxygen atoms in total. The lowest BCUT2D eigenvalue weighted by Crippen LogP contribution is -2.47. The fourth-order valence-electron chi connectivity index (χ4n) is 2.35. The number of nitrogens with zero attached hydrogens (tertiary/aromatic N) is 2. The second-order valence-electron chi connectivity index (χ2n) is 4.17. The van der Waals surface area contributed by atoms with Crippen LogP contribution in [0.2, 0.25) is 0 Å². The van der Waals surface area contributed by atoms with Crippen LogP contribution in [-0.2, 0) is 9.53 Å². The van der Waals surface area contributed by atoms with E-state index in [1.807, 2.05) is 0 Å². The van der Waals surface area contributed by atoms with E-state index < -0.39 is 18.1 Å². The van der Waals surface area contributed by atoms with Crippen LogP contribution in [0.1, 0.15) is 13.3 Å². The molecule has 16 heavy (non-hydrogen) atoms. The number of carbonyl (C=O) groups is 2. The number of hydrogen-bond donors (Lipinski definition) is 1. The number of carboxylic acid groups (broad SMARTS) is 1. The molecule has 0 aromatic rings. The molecule has 0 aliphatic carbocycles. The number of aliphatic carboxylic acids is 1. The van der Waals surface area contributed by atoms with Crippen molar-refractivity contribution in [3.63, 3.8) is 0 Å². The van der Waals surface area contributed by atoms with E-state index in [0.29, 0.717) is 0 Å². The number of likely N-dealkylation sites (N-methyl/N-ethyl adjacent to an activating group) is 1. The molecule has 2 saturated heterocycles. The number of amides is 1. The predicted octanol–water partition coefficient (Wildman–Crippen LogP) is -0.0140. The molecule has 2 aliphatic heterocycles. The van der Waals surface area contributed by atoms with E-state index in [9.17, 15) is 9.59 Å². The SMILES string of the molecule is CCN1CCC(N2C(=O)OCC2C(=O)O)C1. The van der Waals surface area contributed by atoms with Gasteiger partial charge in [0.15, 0.2) is 6.04 Å². The van der Waals surface area contributed by atoms with Crippen LogP contribution in [0.3, 0.4) is 0 Å². The minimum Gasteiger partial charge on any atom is -0.480 e. The summed E-state index contributed by atoms with van der Waals surface area (Å²) in [4.78, 5) is 26.1. The van der Waals surface area contributed by atoms with Crippen molar-refractivity contribution in [1.29, 1.82) is 0 Å². The Labute approximate surface area is 93.8 Å². The standard InChI is InChI=1S/C10H16N2O4/c1-2-11-4-3-7(5-11)12-8(9(13)14)6-16-10(12)15/h7-8H,2-6H2,1H3,(H,13,14). The Balaban J connectivity index is 2.06. The highest BCUT2D eigenvalue weighted by Gasteiger charge is 2.44. The Bertz CT molecular complexity index is 307. The fourth-order valence-corrected chi connectivity index (χ4v) is 2.35. The van der Waals surface area contributed by atoms with Gasteiger partial charge in [0.2, 0.25) is 0 Å². The number of hydrogen-bond acceptors (Lipinski definition) is 4. The summed E-state index contributed by atoms with van der Waals surface area (Å²) in [6.07, 6.45) is 0.336. The van der Waals surface area contributed by atoms with Gasteiger partial charge in [0, 0.05) is 13.1 Å². The molecule has 2 fully saturated rings.